The molecule has 0 atom stereocenters. The molecule has 0 aliphatic heterocycles. The molecular formula is C16H21N5. The standard InChI is InChI=1S/C16H21N5/c1-3-7-21-16(18-12-19-21)11-20-8-6-14-5-4-13(10-17-2)9-15(14)20/h4-6,8-9,12,17H,3,7,10-11H2,1-2H3. The zero-order valence-corrected chi connectivity index (χ0v) is 12.6. The Morgan fingerprint density at radius 3 is 2.95 bits per heavy atom. The van der Waals surface area contributed by atoms with Crippen molar-refractivity contribution in [2.75, 3.05) is 7.05 Å². The summed E-state index contributed by atoms with van der Waals surface area (Å²) in [5, 5.41) is 8.75. The van der Waals surface area contributed by atoms with Crippen LogP contribution in [0, 0.1) is 0 Å². The van der Waals surface area contributed by atoms with Crippen molar-refractivity contribution in [2.24, 2.45) is 0 Å². The van der Waals surface area contributed by atoms with E-state index < -0.39 is 0 Å². The molecule has 2 aromatic heterocycles. The third-order valence-electron chi connectivity index (χ3n) is 3.66. The van der Waals surface area contributed by atoms with Gasteiger partial charge in [0.1, 0.15) is 12.2 Å². The molecule has 0 aliphatic rings. The second-order valence-corrected chi connectivity index (χ2v) is 5.27. The largest absolute Gasteiger partial charge is 0.340 e. The van der Waals surface area contributed by atoms with E-state index in [-0.39, 0.29) is 0 Å². The van der Waals surface area contributed by atoms with Gasteiger partial charge in [-0.3, -0.25) is 0 Å². The van der Waals surface area contributed by atoms with Crippen LogP contribution < -0.4 is 5.32 Å². The van der Waals surface area contributed by atoms with E-state index in [1.54, 1.807) is 6.33 Å². The lowest BCUT2D eigenvalue weighted by Crippen LogP contribution is -2.10. The maximum Gasteiger partial charge on any atom is 0.146 e. The molecule has 0 unspecified atom stereocenters. The van der Waals surface area contributed by atoms with Crippen LogP contribution in [0.1, 0.15) is 24.7 Å². The van der Waals surface area contributed by atoms with Gasteiger partial charge in [-0.1, -0.05) is 19.1 Å². The molecule has 0 bridgehead atoms. The van der Waals surface area contributed by atoms with Crippen molar-refractivity contribution in [1.82, 2.24) is 24.6 Å². The number of rotatable bonds is 6. The third kappa shape index (κ3) is 2.83. The fraction of sp³-hybridized carbons (Fsp3) is 0.375. The number of nitrogens with one attached hydrogen (secondary N) is 1. The third-order valence-corrected chi connectivity index (χ3v) is 3.66. The van der Waals surface area contributed by atoms with Crippen LogP contribution in [0.2, 0.25) is 0 Å². The smallest absolute Gasteiger partial charge is 0.146 e. The molecule has 3 rings (SSSR count). The van der Waals surface area contributed by atoms with Crippen LogP contribution in [0.4, 0.5) is 0 Å². The van der Waals surface area contributed by atoms with Crippen LogP contribution in [0.25, 0.3) is 10.9 Å². The Kier molecular flexibility index (Phi) is 4.01. The van der Waals surface area contributed by atoms with Gasteiger partial charge < -0.3 is 9.88 Å². The predicted octanol–water partition coefficient (Wildman–Crippen LogP) is 2.41. The number of nitrogens with zero attached hydrogens (tertiary/aromatic N) is 4. The minimum Gasteiger partial charge on any atom is -0.340 e. The van der Waals surface area contributed by atoms with Crippen molar-refractivity contribution in [3.8, 4) is 0 Å². The number of benzene rings is 1. The molecule has 5 heteroatoms. The van der Waals surface area contributed by atoms with Crippen molar-refractivity contribution >= 4 is 10.9 Å². The van der Waals surface area contributed by atoms with Gasteiger partial charge in [-0.25, -0.2) is 9.67 Å². The van der Waals surface area contributed by atoms with Crippen LogP contribution in [-0.2, 0) is 19.6 Å². The van der Waals surface area contributed by atoms with Crippen LogP contribution in [0.5, 0.6) is 0 Å². The van der Waals surface area contributed by atoms with E-state index >= 15 is 0 Å². The number of hydrogen-bond donors (Lipinski definition) is 1. The summed E-state index contributed by atoms with van der Waals surface area (Å²) in [4.78, 5) is 4.39. The summed E-state index contributed by atoms with van der Waals surface area (Å²) in [5.74, 6) is 1.01. The van der Waals surface area contributed by atoms with Gasteiger partial charge >= 0.3 is 0 Å². The summed E-state index contributed by atoms with van der Waals surface area (Å²) >= 11 is 0. The van der Waals surface area contributed by atoms with E-state index in [0.29, 0.717) is 0 Å². The van der Waals surface area contributed by atoms with Crippen LogP contribution in [0.3, 0.4) is 0 Å². The molecule has 0 fully saturated rings. The number of aromatic nitrogens is 4. The minimum absolute atomic E-state index is 0.756. The van der Waals surface area contributed by atoms with E-state index in [1.165, 1.54) is 16.5 Å². The van der Waals surface area contributed by atoms with Crippen LogP contribution >= 0.6 is 0 Å². The Hall–Kier alpha value is -2.14. The maximum absolute atomic E-state index is 4.39. The molecule has 0 radical (unpaired) electrons. The molecule has 3 aromatic rings. The Labute approximate surface area is 124 Å². The van der Waals surface area contributed by atoms with Gasteiger partial charge in [0.05, 0.1) is 6.54 Å². The summed E-state index contributed by atoms with van der Waals surface area (Å²) in [6.07, 6.45) is 4.83. The fourth-order valence-electron chi connectivity index (χ4n) is 2.64. The molecular weight excluding hydrogens is 262 g/mol. The zero-order chi connectivity index (χ0) is 14.7. The van der Waals surface area contributed by atoms with Gasteiger partial charge in [-0.05, 0) is 36.6 Å². The number of aryl methyl sites for hydroxylation is 1. The highest BCUT2D eigenvalue weighted by Gasteiger charge is 2.07. The van der Waals surface area contributed by atoms with Crippen molar-refractivity contribution in [3.63, 3.8) is 0 Å². The predicted molar refractivity (Wildman–Crippen MR) is 84.1 cm³/mol. The second kappa shape index (κ2) is 6.10. The first-order chi connectivity index (χ1) is 10.3. The normalized spacial score (nSPS) is 11.3. The molecule has 0 spiro atoms. The molecule has 5 nitrogen and oxygen atoms in total. The molecule has 0 aliphatic carbocycles. The lowest BCUT2D eigenvalue weighted by molar-refractivity contribution is 0.557. The summed E-state index contributed by atoms with van der Waals surface area (Å²) in [5.41, 5.74) is 2.54. The van der Waals surface area contributed by atoms with Crippen molar-refractivity contribution in [3.05, 3.63) is 48.2 Å². The van der Waals surface area contributed by atoms with Crippen molar-refractivity contribution in [1.29, 1.82) is 0 Å². The van der Waals surface area contributed by atoms with E-state index in [0.717, 1.165) is 31.9 Å². The molecule has 0 saturated carbocycles. The SMILES string of the molecule is CCCn1ncnc1Cn1ccc2ccc(CNC)cc21. The lowest BCUT2D eigenvalue weighted by Gasteiger charge is -2.08. The highest BCUT2D eigenvalue weighted by Crippen LogP contribution is 2.18. The van der Waals surface area contributed by atoms with Gasteiger partial charge in [0.25, 0.3) is 0 Å². The average Bonchev–Trinajstić information content (AvgIpc) is 3.08. The molecule has 110 valence electrons. The molecule has 21 heavy (non-hydrogen) atoms. The Bertz CT molecular complexity index is 725. The van der Waals surface area contributed by atoms with E-state index in [1.807, 2.05) is 11.7 Å². The van der Waals surface area contributed by atoms with Crippen molar-refractivity contribution < 1.29 is 0 Å². The van der Waals surface area contributed by atoms with Gasteiger partial charge in [-0.15, -0.1) is 0 Å². The molecule has 2 heterocycles. The summed E-state index contributed by atoms with van der Waals surface area (Å²) in [6, 6.07) is 8.74. The van der Waals surface area contributed by atoms with E-state index in [2.05, 4.69) is 57.4 Å². The first-order valence-corrected chi connectivity index (χ1v) is 7.41. The molecule has 1 aromatic carbocycles. The molecule has 0 saturated heterocycles. The van der Waals surface area contributed by atoms with Crippen LogP contribution in [0.15, 0.2) is 36.8 Å². The van der Waals surface area contributed by atoms with Crippen LogP contribution in [-0.4, -0.2) is 26.4 Å². The summed E-state index contributed by atoms with van der Waals surface area (Å²) in [6.45, 7) is 4.71. The number of hydrogen-bond acceptors (Lipinski definition) is 3. The molecule has 1 N–H and O–H groups in total. The summed E-state index contributed by atoms with van der Waals surface area (Å²) < 4.78 is 4.23. The van der Waals surface area contributed by atoms with Crippen molar-refractivity contribution in [2.45, 2.75) is 33.0 Å². The maximum atomic E-state index is 4.39. The van der Waals surface area contributed by atoms with Gasteiger partial charge in [0, 0.05) is 24.8 Å². The monoisotopic (exact) mass is 283 g/mol. The average molecular weight is 283 g/mol. The number of fused-ring (bicyclic) bond motifs is 1. The second-order valence-electron chi connectivity index (χ2n) is 5.27. The van der Waals surface area contributed by atoms with E-state index in [4.69, 9.17) is 0 Å². The topological polar surface area (TPSA) is 47.7 Å². The highest BCUT2D eigenvalue weighted by atomic mass is 15.3. The first-order valence-electron chi connectivity index (χ1n) is 7.41. The Balaban J connectivity index is 1.92. The summed E-state index contributed by atoms with van der Waals surface area (Å²) in [7, 11) is 1.97. The Morgan fingerprint density at radius 2 is 2.14 bits per heavy atom. The van der Waals surface area contributed by atoms with Gasteiger partial charge in [0.2, 0.25) is 0 Å². The highest BCUT2D eigenvalue weighted by molar-refractivity contribution is 5.80. The Morgan fingerprint density at radius 1 is 1.24 bits per heavy atom. The first kappa shape index (κ1) is 13.8. The lowest BCUT2D eigenvalue weighted by atomic mass is 10.1. The zero-order valence-electron chi connectivity index (χ0n) is 12.6. The van der Waals surface area contributed by atoms with E-state index in [9.17, 15) is 0 Å². The quantitative estimate of drug-likeness (QED) is 0.755. The molecule has 0 amide bonds. The minimum atomic E-state index is 0.756. The van der Waals surface area contributed by atoms with Gasteiger partial charge in [0.15, 0.2) is 0 Å². The van der Waals surface area contributed by atoms with Gasteiger partial charge in [-0.2, -0.15) is 5.10 Å². The fourth-order valence-corrected chi connectivity index (χ4v) is 2.64.